The summed E-state index contributed by atoms with van der Waals surface area (Å²) < 4.78 is 44.3. The van der Waals surface area contributed by atoms with Gasteiger partial charge in [0.2, 0.25) is 0 Å². The largest absolute Gasteiger partial charge is 0.422 e. The molecule has 0 saturated carbocycles. The zero-order valence-electron chi connectivity index (χ0n) is 5.15. The average molecular weight is 188 g/mol. The van der Waals surface area contributed by atoms with Crippen molar-refractivity contribution in [1.82, 2.24) is 0 Å². The molecule has 7 heteroatoms. The molecule has 0 spiro atoms. The van der Waals surface area contributed by atoms with Crippen LogP contribution in [-0.4, -0.2) is 25.5 Å². The summed E-state index contributed by atoms with van der Waals surface area (Å²) in [5, 5.41) is 0. The maximum Gasteiger partial charge on any atom is 0.389 e. The predicted molar refractivity (Wildman–Crippen MR) is 33.3 cm³/mol. The molecule has 0 amide bonds. The first-order chi connectivity index (χ1) is 4.58. The third kappa shape index (κ3) is 2.82. The molecular weight excluding hydrogens is 181 g/mol. The summed E-state index contributed by atoms with van der Waals surface area (Å²) in [6.07, 6.45) is -4.80. The summed E-state index contributed by atoms with van der Waals surface area (Å²) >= 11 is 0. The molecule has 0 radical (unpaired) electrons. The number of hydrogen-bond acceptors (Lipinski definition) is 2. The Morgan fingerprint density at radius 1 is 1.30 bits per heavy atom. The Bertz CT molecular complexity index is 113. The zero-order valence-corrected chi connectivity index (χ0v) is 7.72. The van der Waals surface area contributed by atoms with Gasteiger partial charge in [0.25, 0.3) is 10.0 Å². The smallest absolute Gasteiger partial charge is 0.389 e. The van der Waals surface area contributed by atoms with E-state index in [0.29, 0.717) is 0 Å². The van der Waals surface area contributed by atoms with Crippen LogP contribution in [0.3, 0.4) is 0 Å². The van der Waals surface area contributed by atoms with E-state index in [1.165, 1.54) is 0 Å². The summed E-state index contributed by atoms with van der Waals surface area (Å²) in [6, 6.07) is 0.0799. The van der Waals surface area contributed by atoms with Crippen LogP contribution < -0.4 is 0 Å². The van der Waals surface area contributed by atoms with Crippen LogP contribution in [0.5, 0.6) is 0 Å². The first kappa shape index (κ1) is 8.24. The fraction of sp³-hybridized carbons (Fsp3) is 1.00. The number of rotatable bonds is 2. The molecule has 0 aromatic carbocycles. The van der Waals surface area contributed by atoms with E-state index in [4.69, 9.17) is 8.23 Å². The van der Waals surface area contributed by atoms with Gasteiger partial charge in [0.05, 0.1) is 0 Å². The summed E-state index contributed by atoms with van der Waals surface area (Å²) in [7, 11) is -2.57. The molecule has 1 aliphatic rings. The Labute approximate surface area is 60.2 Å². The molecule has 1 rings (SSSR count). The normalized spacial score (nSPS) is 28.5. The van der Waals surface area contributed by atoms with Crippen LogP contribution >= 0.6 is 0 Å². The quantitative estimate of drug-likeness (QED) is 0.577. The molecule has 0 bridgehead atoms. The molecule has 1 heterocycles. The van der Waals surface area contributed by atoms with Gasteiger partial charge in [-0.2, -0.15) is 13.2 Å². The second-order valence-electron chi connectivity index (χ2n) is 2.03. The van der Waals surface area contributed by atoms with Crippen LogP contribution in [0.4, 0.5) is 13.2 Å². The Morgan fingerprint density at radius 3 is 2.20 bits per heavy atom. The predicted octanol–water partition coefficient (Wildman–Crippen LogP) is 0.205. The van der Waals surface area contributed by atoms with Crippen LogP contribution in [0.25, 0.3) is 0 Å². The SMILES string of the molecule is FC(F)(F)CC[SiH]1O[SiH2]O1. The van der Waals surface area contributed by atoms with E-state index >= 15 is 0 Å². The highest BCUT2D eigenvalue weighted by molar-refractivity contribution is 6.64. The Kier molecular flexibility index (Phi) is 2.50. The lowest BCUT2D eigenvalue weighted by molar-refractivity contribution is -0.131. The van der Waals surface area contributed by atoms with E-state index in [1.54, 1.807) is 0 Å². The Balaban J connectivity index is 2.04. The van der Waals surface area contributed by atoms with Crippen molar-refractivity contribution in [2.75, 3.05) is 0 Å². The van der Waals surface area contributed by atoms with Crippen molar-refractivity contribution >= 4 is 19.3 Å². The van der Waals surface area contributed by atoms with Gasteiger partial charge >= 0.3 is 15.5 Å². The highest BCUT2D eigenvalue weighted by Crippen LogP contribution is 2.24. The van der Waals surface area contributed by atoms with Gasteiger partial charge in [-0.1, -0.05) is 0 Å². The standard InChI is InChI=1S/C3H7F3O2Si2/c4-3(5,6)1-2-10-7-9-8-10/h10H,1-2,9H2. The van der Waals surface area contributed by atoms with Crippen LogP contribution in [-0.2, 0) is 8.23 Å². The van der Waals surface area contributed by atoms with Crippen LogP contribution in [0.15, 0.2) is 0 Å². The minimum Gasteiger partial charge on any atom is -0.422 e. The topological polar surface area (TPSA) is 18.5 Å². The molecule has 0 unspecified atom stereocenters. The molecule has 10 heavy (non-hydrogen) atoms. The fourth-order valence-electron chi connectivity index (χ4n) is 0.612. The maximum absolute atomic E-state index is 11.5. The molecule has 0 aliphatic carbocycles. The van der Waals surface area contributed by atoms with E-state index in [-0.39, 0.29) is 6.04 Å². The van der Waals surface area contributed by atoms with Gasteiger partial charge in [0.15, 0.2) is 0 Å². The zero-order chi connectivity index (χ0) is 7.61. The minimum atomic E-state index is -4.04. The summed E-state index contributed by atoms with van der Waals surface area (Å²) in [5.74, 6) is 0. The van der Waals surface area contributed by atoms with Crippen molar-refractivity contribution < 1.29 is 21.4 Å². The van der Waals surface area contributed by atoms with Gasteiger partial charge in [-0.15, -0.1) is 0 Å². The molecule has 1 fully saturated rings. The van der Waals surface area contributed by atoms with Gasteiger partial charge in [0.1, 0.15) is 0 Å². The van der Waals surface area contributed by atoms with Crippen LogP contribution in [0.2, 0.25) is 6.04 Å². The maximum atomic E-state index is 11.5. The van der Waals surface area contributed by atoms with Crippen molar-refractivity contribution in [3.05, 3.63) is 0 Å². The van der Waals surface area contributed by atoms with Gasteiger partial charge in [0, 0.05) is 6.42 Å². The molecule has 0 aromatic heterocycles. The fourth-order valence-corrected chi connectivity index (χ4v) is 3.82. The first-order valence-electron chi connectivity index (χ1n) is 2.88. The lowest BCUT2D eigenvalue weighted by Crippen LogP contribution is -2.39. The summed E-state index contributed by atoms with van der Waals surface area (Å²) in [4.78, 5) is 0. The molecule has 0 atom stereocenters. The van der Waals surface area contributed by atoms with E-state index < -0.39 is 31.9 Å². The lowest BCUT2D eigenvalue weighted by Gasteiger charge is -2.25. The van der Waals surface area contributed by atoms with Crippen LogP contribution in [0, 0.1) is 0 Å². The van der Waals surface area contributed by atoms with Crippen LogP contribution in [0.1, 0.15) is 6.42 Å². The molecule has 60 valence electrons. The third-order valence-corrected chi connectivity index (χ3v) is 5.99. The van der Waals surface area contributed by atoms with E-state index in [2.05, 4.69) is 0 Å². The summed E-state index contributed by atoms with van der Waals surface area (Å²) in [5.41, 5.74) is 0. The second kappa shape index (κ2) is 3.03. The second-order valence-corrected chi connectivity index (χ2v) is 6.37. The number of halogens is 3. The molecule has 0 N–H and O–H groups in total. The van der Waals surface area contributed by atoms with Crippen molar-refractivity contribution in [3.63, 3.8) is 0 Å². The third-order valence-electron chi connectivity index (χ3n) is 1.17. The molecule has 1 aliphatic heterocycles. The van der Waals surface area contributed by atoms with Crippen molar-refractivity contribution in [2.45, 2.75) is 18.6 Å². The highest BCUT2D eigenvalue weighted by atomic mass is 28.4. The van der Waals surface area contributed by atoms with Crippen molar-refractivity contribution in [2.24, 2.45) is 0 Å². The average Bonchev–Trinajstić information content (AvgIpc) is 1.56. The summed E-state index contributed by atoms with van der Waals surface area (Å²) in [6.45, 7) is 0. The van der Waals surface area contributed by atoms with Gasteiger partial charge in [-0.3, -0.25) is 0 Å². The monoisotopic (exact) mass is 188 g/mol. The highest BCUT2D eigenvalue weighted by Gasteiger charge is 2.32. The number of hydrogen-bond donors (Lipinski definition) is 0. The van der Waals surface area contributed by atoms with E-state index in [9.17, 15) is 13.2 Å². The number of alkyl halides is 3. The molecule has 1 saturated heterocycles. The van der Waals surface area contributed by atoms with Crippen molar-refractivity contribution in [1.29, 1.82) is 0 Å². The van der Waals surface area contributed by atoms with Gasteiger partial charge < -0.3 is 8.23 Å². The van der Waals surface area contributed by atoms with Gasteiger partial charge in [-0.05, 0) is 6.04 Å². The molecule has 0 aromatic rings. The van der Waals surface area contributed by atoms with E-state index in [1.807, 2.05) is 0 Å². The molecule has 2 nitrogen and oxygen atoms in total. The Morgan fingerprint density at radius 2 is 1.90 bits per heavy atom. The van der Waals surface area contributed by atoms with Crippen molar-refractivity contribution in [3.8, 4) is 0 Å². The minimum absolute atomic E-state index is 0.0799. The van der Waals surface area contributed by atoms with Gasteiger partial charge in [-0.25, -0.2) is 0 Å². The lowest BCUT2D eigenvalue weighted by atomic mass is 10.5. The molecular formula is C3H7F3O2Si2. The van der Waals surface area contributed by atoms with E-state index in [0.717, 1.165) is 0 Å². The first-order valence-corrected chi connectivity index (χ1v) is 5.79. The Hall–Kier alpha value is 0.144.